The molecule has 1 heterocycles. The maximum absolute atomic E-state index is 12.7. The summed E-state index contributed by atoms with van der Waals surface area (Å²) in [4.78, 5) is 12.7. The number of nitriles is 1. The molecule has 0 saturated carbocycles. The number of hydrogen-bond acceptors (Lipinski definition) is 8. The SMILES string of the molecule is CCCCCCCOc1ccc(C2C(C#N)=C(N)Oc3cc(OC(=O)c4ccc(OCC)cc4)ccc32)cc1OC. The van der Waals surface area contributed by atoms with E-state index in [0.717, 1.165) is 18.4 Å². The van der Waals surface area contributed by atoms with Gasteiger partial charge in [-0.2, -0.15) is 5.26 Å². The number of esters is 1. The van der Waals surface area contributed by atoms with Gasteiger partial charge in [-0.3, -0.25) is 0 Å². The van der Waals surface area contributed by atoms with Crippen molar-refractivity contribution < 1.29 is 28.5 Å². The number of hydrogen-bond donors (Lipinski definition) is 1. The molecule has 0 bridgehead atoms. The van der Waals surface area contributed by atoms with Gasteiger partial charge in [-0.1, -0.05) is 44.7 Å². The fourth-order valence-electron chi connectivity index (χ4n) is 4.73. The second-order valence-electron chi connectivity index (χ2n) is 9.64. The smallest absolute Gasteiger partial charge is 0.343 e. The molecular formula is C33H36N2O6. The molecule has 41 heavy (non-hydrogen) atoms. The number of nitrogens with zero attached hydrogens (tertiary/aromatic N) is 1. The number of carbonyl (C=O) groups excluding carboxylic acids is 1. The summed E-state index contributed by atoms with van der Waals surface area (Å²) in [5, 5.41) is 9.96. The molecule has 3 aromatic carbocycles. The van der Waals surface area contributed by atoms with Crippen molar-refractivity contribution in [2.75, 3.05) is 20.3 Å². The Kier molecular flexibility index (Phi) is 10.1. The topological polar surface area (TPSA) is 113 Å². The molecule has 4 rings (SSSR count). The minimum Gasteiger partial charge on any atom is -0.494 e. The Bertz CT molecular complexity index is 1420. The van der Waals surface area contributed by atoms with Crippen LogP contribution in [-0.2, 0) is 0 Å². The summed E-state index contributed by atoms with van der Waals surface area (Å²) < 4.78 is 28.5. The van der Waals surface area contributed by atoms with Gasteiger partial charge < -0.3 is 29.4 Å². The predicted octanol–water partition coefficient (Wildman–Crippen LogP) is 6.88. The number of ether oxygens (including phenoxy) is 5. The first-order chi connectivity index (χ1) is 20.0. The Hall–Kier alpha value is -4.64. The molecule has 3 aromatic rings. The van der Waals surface area contributed by atoms with Crippen LogP contribution in [0.4, 0.5) is 0 Å². The Balaban J connectivity index is 1.55. The standard InChI is InChI=1S/C33H36N2O6/c1-4-6-7-8-9-18-39-28-17-12-23(19-30(28)37-3)31-26-16-15-25(20-29(26)41-32(35)27(31)21-34)40-33(36)22-10-13-24(14-11-22)38-5-2/h10-17,19-20,31H,4-9,18,35H2,1-3H3. The molecule has 0 amide bonds. The lowest BCUT2D eigenvalue weighted by molar-refractivity contribution is 0.0734. The number of benzene rings is 3. The van der Waals surface area contributed by atoms with E-state index in [1.807, 2.05) is 25.1 Å². The van der Waals surface area contributed by atoms with Crippen molar-refractivity contribution in [1.82, 2.24) is 0 Å². The minimum absolute atomic E-state index is 0.00800. The average molecular weight is 557 g/mol. The first kappa shape index (κ1) is 29.3. The van der Waals surface area contributed by atoms with Gasteiger partial charge in [0.05, 0.1) is 31.8 Å². The highest BCUT2D eigenvalue weighted by atomic mass is 16.5. The molecule has 8 nitrogen and oxygen atoms in total. The third-order valence-corrected chi connectivity index (χ3v) is 6.83. The number of methoxy groups -OCH3 is 1. The van der Waals surface area contributed by atoms with Crippen molar-refractivity contribution in [2.45, 2.75) is 51.9 Å². The molecule has 0 spiro atoms. The van der Waals surface area contributed by atoms with Gasteiger partial charge in [0.15, 0.2) is 11.5 Å². The largest absolute Gasteiger partial charge is 0.494 e. The zero-order valence-electron chi connectivity index (χ0n) is 23.8. The number of unbranched alkanes of at least 4 members (excludes halogenated alkanes) is 4. The van der Waals surface area contributed by atoms with Gasteiger partial charge in [-0.25, -0.2) is 4.79 Å². The van der Waals surface area contributed by atoms with Crippen LogP contribution in [-0.4, -0.2) is 26.3 Å². The number of nitrogens with two attached hydrogens (primary N) is 1. The molecule has 8 heteroatoms. The van der Waals surface area contributed by atoms with Crippen molar-refractivity contribution in [3.05, 3.63) is 88.8 Å². The molecule has 1 atom stereocenters. The molecule has 2 N–H and O–H groups in total. The van der Waals surface area contributed by atoms with Crippen LogP contribution in [0.5, 0.6) is 28.7 Å². The van der Waals surface area contributed by atoms with Crippen molar-refractivity contribution >= 4 is 5.97 Å². The van der Waals surface area contributed by atoms with Gasteiger partial charge in [-0.05, 0) is 61.4 Å². The first-order valence-corrected chi connectivity index (χ1v) is 14.0. The van der Waals surface area contributed by atoms with Gasteiger partial charge in [-0.15, -0.1) is 0 Å². The lowest BCUT2D eigenvalue weighted by Crippen LogP contribution is -2.21. The molecule has 0 aromatic heterocycles. The van der Waals surface area contributed by atoms with Crippen LogP contribution in [0.2, 0.25) is 0 Å². The second kappa shape index (κ2) is 14.1. The highest BCUT2D eigenvalue weighted by Crippen LogP contribution is 2.45. The van der Waals surface area contributed by atoms with E-state index in [9.17, 15) is 10.1 Å². The lowest BCUT2D eigenvalue weighted by atomic mass is 9.83. The summed E-state index contributed by atoms with van der Waals surface area (Å²) in [6.45, 7) is 5.23. The molecular weight excluding hydrogens is 520 g/mol. The molecule has 1 aliphatic heterocycles. The van der Waals surface area contributed by atoms with E-state index in [1.54, 1.807) is 49.6 Å². The van der Waals surface area contributed by atoms with Crippen LogP contribution in [0.25, 0.3) is 0 Å². The minimum atomic E-state index is -0.521. The highest BCUT2D eigenvalue weighted by molar-refractivity contribution is 5.91. The Morgan fingerprint density at radius 3 is 2.39 bits per heavy atom. The summed E-state index contributed by atoms with van der Waals surface area (Å²) >= 11 is 0. The van der Waals surface area contributed by atoms with Crippen molar-refractivity contribution in [1.29, 1.82) is 5.26 Å². The number of rotatable bonds is 13. The Labute approximate surface area is 241 Å². The molecule has 214 valence electrons. The lowest BCUT2D eigenvalue weighted by Gasteiger charge is -2.27. The normalized spacial score (nSPS) is 14.0. The molecule has 0 saturated heterocycles. The van der Waals surface area contributed by atoms with Gasteiger partial charge in [0.2, 0.25) is 5.88 Å². The maximum Gasteiger partial charge on any atom is 0.343 e. The molecule has 0 aliphatic carbocycles. The number of carbonyl (C=O) groups is 1. The summed E-state index contributed by atoms with van der Waals surface area (Å²) in [7, 11) is 1.59. The van der Waals surface area contributed by atoms with Crippen molar-refractivity contribution in [2.24, 2.45) is 5.73 Å². The van der Waals surface area contributed by atoms with Crippen LogP contribution in [0, 0.1) is 11.3 Å². The van der Waals surface area contributed by atoms with Gasteiger partial charge >= 0.3 is 5.97 Å². The van der Waals surface area contributed by atoms with E-state index in [-0.39, 0.29) is 17.2 Å². The van der Waals surface area contributed by atoms with Crippen LogP contribution in [0.15, 0.2) is 72.1 Å². The van der Waals surface area contributed by atoms with Crippen LogP contribution >= 0.6 is 0 Å². The maximum atomic E-state index is 12.7. The highest BCUT2D eigenvalue weighted by Gasteiger charge is 2.32. The quantitative estimate of drug-likeness (QED) is 0.138. The van der Waals surface area contributed by atoms with E-state index in [1.165, 1.54) is 19.3 Å². The Morgan fingerprint density at radius 2 is 1.68 bits per heavy atom. The molecule has 0 fully saturated rings. The number of fused-ring (bicyclic) bond motifs is 1. The van der Waals surface area contributed by atoms with E-state index in [4.69, 9.17) is 29.4 Å². The van der Waals surface area contributed by atoms with Crippen LogP contribution in [0.3, 0.4) is 0 Å². The summed E-state index contributed by atoms with van der Waals surface area (Å²) in [5.74, 6) is 1.54. The van der Waals surface area contributed by atoms with Crippen molar-refractivity contribution in [3.63, 3.8) is 0 Å². The van der Waals surface area contributed by atoms with E-state index in [2.05, 4.69) is 13.0 Å². The van der Waals surface area contributed by atoms with Gasteiger partial charge in [0.25, 0.3) is 0 Å². The Morgan fingerprint density at radius 1 is 0.927 bits per heavy atom. The van der Waals surface area contributed by atoms with Gasteiger partial charge in [0, 0.05) is 11.6 Å². The first-order valence-electron chi connectivity index (χ1n) is 14.0. The summed E-state index contributed by atoms with van der Waals surface area (Å²) in [6.07, 6.45) is 5.73. The van der Waals surface area contributed by atoms with Crippen LogP contribution in [0.1, 0.15) is 73.4 Å². The van der Waals surface area contributed by atoms with E-state index in [0.29, 0.717) is 47.3 Å². The van der Waals surface area contributed by atoms with E-state index >= 15 is 0 Å². The summed E-state index contributed by atoms with van der Waals surface area (Å²) in [5.41, 5.74) is 8.35. The second-order valence-corrected chi connectivity index (χ2v) is 9.64. The zero-order valence-corrected chi connectivity index (χ0v) is 23.8. The fraction of sp³-hybridized carbons (Fsp3) is 0.333. The third-order valence-electron chi connectivity index (χ3n) is 6.83. The average Bonchev–Trinajstić information content (AvgIpc) is 2.98. The fourth-order valence-corrected chi connectivity index (χ4v) is 4.73. The third kappa shape index (κ3) is 7.12. The predicted molar refractivity (Wildman–Crippen MR) is 156 cm³/mol. The van der Waals surface area contributed by atoms with Crippen molar-refractivity contribution in [3.8, 4) is 34.8 Å². The molecule has 1 unspecified atom stereocenters. The van der Waals surface area contributed by atoms with Crippen LogP contribution < -0.4 is 29.4 Å². The molecule has 0 radical (unpaired) electrons. The summed E-state index contributed by atoms with van der Waals surface area (Å²) in [6, 6.07) is 19.6. The molecule has 1 aliphatic rings. The monoisotopic (exact) mass is 556 g/mol. The van der Waals surface area contributed by atoms with Gasteiger partial charge in [0.1, 0.15) is 28.9 Å². The zero-order chi connectivity index (χ0) is 29.2. The number of allylic oxidation sites excluding steroid dienone is 1. The van der Waals surface area contributed by atoms with E-state index < -0.39 is 11.9 Å².